The highest BCUT2D eigenvalue weighted by Crippen LogP contribution is 2.28. The van der Waals surface area contributed by atoms with Crippen molar-refractivity contribution in [2.24, 2.45) is 0 Å². The summed E-state index contributed by atoms with van der Waals surface area (Å²) in [5.74, 6) is -0.516. The standard InChI is InChI=1S/C19H39NO.C13H13Cl2N3O3/c1-4-5-6-7-8-9-10-11-12-13-14-15-20-16-18(2)21-19(3)17-20;1-7(2)16-12(20)17-6-11(19)18(13(17)21)10-4-8(14)3-9(15)5-10/h18-19H,4-17H2,1-3H3;3-5,7H,6H2,1-2H3,(H,16,20). The number of nitrogens with zero attached hydrogens (tertiary/aromatic N) is 3. The van der Waals surface area contributed by atoms with Gasteiger partial charge in [-0.25, -0.2) is 19.4 Å². The van der Waals surface area contributed by atoms with Crippen LogP contribution in [0.25, 0.3) is 0 Å². The number of benzene rings is 1. The number of ether oxygens (including phenoxy) is 1. The van der Waals surface area contributed by atoms with E-state index in [1.165, 1.54) is 95.4 Å². The minimum atomic E-state index is -0.725. The highest BCUT2D eigenvalue weighted by atomic mass is 35.5. The Morgan fingerprint density at radius 2 is 1.38 bits per heavy atom. The van der Waals surface area contributed by atoms with Crippen LogP contribution in [0.3, 0.4) is 0 Å². The van der Waals surface area contributed by atoms with E-state index in [9.17, 15) is 14.4 Å². The first-order chi connectivity index (χ1) is 20.0. The maximum Gasteiger partial charge on any atom is 0.340 e. The summed E-state index contributed by atoms with van der Waals surface area (Å²) in [7, 11) is 0. The molecule has 1 aromatic carbocycles. The molecule has 0 spiro atoms. The fourth-order valence-electron chi connectivity index (χ4n) is 5.37. The molecule has 2 fully saturated rings. The van der Waals surface area contributed by atoms with Gasteiger partial charge in [0, 0.05) is 29.2 Å². The number of carbonyl (C=O) groups is 3. The van der Waals surface area contributed by atoms with Gasteiger partial charge in [-0.2, -0.15) is 0 Å². The van der Waals surface area contributed by atoms with Gasteiger partial charge in [0.15, 0.2) is 0 Å². The Morgan fingerprint density at radius 1 is 0.881 bits per heavy atom. The van der Waals surface area contributed by atoms with Crippen molar-refractivity contribution in [3.63, 3.8) is 0 Å². The number of anilines is 1. The van der Waals surface area contributed by atoms with Crippen molar-refractivity contribution >= 4 is 46.9 Å². The van der Waals surface area contributed by atoms with Gasteiger partial charge in [-0.05, 0) is 58.9 Å². The zero-order valence-electron chi connectivity index (χ0n) is 26.3. The van der Waals surface area contributed by atoms with E-state index in [0.29, 0.717) is 22.3 Å². The molecule has 0 aromatic heterocycles. The van der Waals surface area contributed by atoms with E-state index >= 15 is 0 Å². The minimum Gasteiger partial charge on any atom is -0.373 e. The number of morpholine rings is 1. The zero-order valence-corrected chi connectivity index (χ0v) is 27.8. The molecule has 0 saturated carbocycles. The lowest BCUT2D eigenvalue weighted by atomic mass is 10.1. The van der Waals surface area contributed by atoms with Gasteiger partial charge >= 0.3 is 12.1 Å². The first-order valence-electron chi connectivity index (χ1n) is 15.8. The molecule has 2 aliphatic rings. The number of imide groups is 2. The number of nitrogens with one attached hydrogen (secondary N) is 1. The summed E-state index contributed by atoms with van der Waals surface area (Å²) in [6.45, 7) is 13.4. The normalized spacial score (nSPS) is 19.3. The number of amides is 5. The summed E-state index contributed by atoms with van der Waals surface area (Å²) in [5.41, 5.74) is 0.238. The lowest BCUT2D eigenvalue weighted by Crippen LogP contribution is -2.45. The summed E-state index contributed by atoms with van der Waals surface area (Å²) < 4.78 is 5.78. The van der Waals surface area contributed by atoms with Crippen molar-refractivity contribution in [1.82, 2.24) is 15.1 Å². The Morgan fingerprint density at radius 3 is 1.88 bits per heavy atom. The van der Waals surface area contributed by atoms with Gasteiger partial charge in [0.25, 0.3) is 5.91 Å². The monoisotopic (exact) mass is 626 g/mol. The first kappa shape index (κ1) is 36.3. The van der Waals surface area contributed by atoms with Crippen LogP contribution in [0.1, 0.15) is 105 Å². The Hall–Kier alpha value is -1.87. The number of unbranched alkanes of at least 4 members (excludes halogenated alkanes) is 10. The number of halogens is 2. The second-order valence-corrected chi connectivity index (χ2v) is 12.8. The predicted molar refractivity (Wildman–Crippen MR) is 173 cm³/mol. The molecule has 238 valence electrons. The average Bonchev–Trinajstić information content (AvgIpc) is 3.20. The lowest BCUT2D eigenvalue weighted by Gasteiger charge is -2.35. The number of hydrogen-bond donors (Lipinski definition) is 1. The van der Waals surface area contributed by atoms with Gasteiger partial charge in [0.2, 0.25) is 0 Å². The predicted octanol–water partition coefficient (Wildman–Crippen LogP) is 8.29. The van der Waals surface area contributed by atoms with Crippen molar-refractivity contribution in [2.75, 3.05) is 31.1 Å². The van der Waals surface area contributed by atoms with Crippen LogP contribution in [-0.2, 0) is 9.53 Å². The van der Waals surface area contributed by atoms with Gasteiger partial charge < -0.3 is 10.1 Å². The third-order valence-electron chi connectivity index (χ3n) is 7.30. The fourth-order valence-corrected chi connectivity index (χ4v) is 5.89. The Balaban J connectivity index is 0.000000293. The first-order valence-corrected chi connectivity index (χ1v) is 16.6. The molecule has 2 heterocycles. The van der Waals surface area contributed by atoms with Crippen LogP contribution in [0.2, 0.25) is 10.0 Å². The largest absolute Gasteiger partial charge is 0.373 e. The number of hydrogen-bond acceptors (Lipinski definition) is 5. The molecular weight excluding hydrogens is 575 g/mol. The van der Waals surface area contributed by atoms with Crippen LogP contribution in [0.4, 0.5) is 15.3 Å². The average molecular weight is 628 g/mol. The maximum absolute atomic E-state index is 12.2. The van der Waals surface area contributed by atoms with Crippen LogP contribution >= 0.6 is 23.2 Å². The van der Waals surface area contributed by atoms with E-state index in [4.69, 9.17) is 27.9 Å². The summed E-state index contributed by atoms with van der Waals surface area (Å²) in [4.78, 5) is 40.5. The fraction of sp³-hybridized carbons (Fsp3) is 0.719. The number of rotatable bonds is 14. The van der Waals surface area contributed by atoms with Gasteiger partial charge in [0.1, 0.15) is 6.54 Å². The van der Waals surface area contributed by atoms with E-state index < -0.39 is 18.0 Å². The second-order valence-electron chi connectivity index (χ2n) is 11.9. The van der Waals surface area contributed by atoms with Crippen molar-refractivity contribution in [3.05, 3.63) is 28.2 Å². The summed E-state index contributed by atoms with van der Waals surface area (Å²) in [6.07, 6.45) is 16.6. The smallest absolute Gasteiger partial charge is 0.340 e. The summed E-state index contributed by atoms with van der Waals surface area (Å²) in [6, 6.07) is 2.88. The molecule has 2 aliphatic heterocycles. The molecule has 42 heavy (non-hydrogen) atoms. The molecule has 10 heteroatoms. The van der Waals surface area contributed by atoms with E-state index in [0.717, 1.165) is 22.9 Å². The topological polar surface area (TPSA) is 82.2 Å². The molecule has 3 rings (SSSR count). The molecule has 2 saturated heterocycles. The maximum atomic E-state index is 12.2. The van der Waals surface area contributed by atoms with Crippen molar-refractivity contribution in [1.29, 1.82) is 0 Å². The van der Waals surface area contributed by atoms with Gasteiger partial charge in [-0.1, -0.05) is 94.3 Å². The third-order valence-corrected chi connectivity index (χ3v) is 7.74. The molecule has 1 aromatic rings. The Bertz CT molecular complexity index is 963. The van der Waals surface area contributed by atoms with Crippen molar-refractivity contribution in [2.45, 2.75) is 123 Å². The van der Waals surface area contributed by atoms with E-state index in [-0.39, 0.29) is 18.3 Å². The SMILES string of the molecule is CC(C)NC(=O)N1CC(=O)N(c2cc(Cl)cc(Cl)c2)C1=O.CCCCCCCCCCCCCN1CC(C)OC(C)C1. The third kappa shape index (κ3) is 13.2. The number of carbonyl (C=O) groups excluding carboxylic acids is 3. The van der Waals surface area contributed by atoms with E-state index in [1.807, 2.05) is 0 Å². The molecule has 8 nitrogen and oxygen atoms in total. The molecule has 0 radical (unpaired) electrons. The van der Waals surface area contributed by atoms with Crippen molar-refractivity contribution < 1.29 is 19.1 Å². The van der Waals surface area contributed by atoms with E-state index in [2.05, 4.69) is 31.0 Å². The Labute approximate surface area is 263 Å². The van der Waals surface area contributed by atoms with Crippen LogP contribution in [0, 0.1) is 0 Å². The second kappa shape index (κ2) is 19.4. The number of urea groups is 2. The molecule has 2 atom stereocenters. The molecular formula is C32H52Cl2N4O4. The lowest BCUT2D eigenvalue weighted by molar-refractivity contribution is -0.116. The van der Waals surface area contributed by atoms with Gasteiger partial charge in [-0.15, -0.1) is 0 Å². The molecule has 0 aliphatic carbocycles. The minimum absolute atomic E-state index is 0.143. The van der Waals surface area contributed by atoms with Crippen LogP contribution < -0.4 is 10.2 Å². The highest BCUT2D eigenvalue weighted by molar-refractivity contribution is 6.35. The molecule has 1 N–H and O–H groups in total. The van der Waals surface area contributed by atoms with Gasteiger partial charge in [-0.3, -0.25) is 9.69 Å². The molecule has 2 unspecified atom stereocenters. The van der Waals surface area contributed by atoms with Crippen LogP contribution in [0.5, 0.6) is 0 Å². The molecule has 5 amide bonds. The summed E-state index contributed by atoms with van der Waals surface area (Å²) in [5, 5.41) is 3.15. The quantitative estimate of drug-likeness (QED) is 0.166. The highest BCUT2D eigenvalue weighted by Gasteiger charge is 2.41. The van der Waals surface area contributed by atoms with Crippen LogP contribution in [-0.4, -0.2) is 72.2 Å². The molecule has 0 bridgehead atoms. The Kier molecular flexibility index (Phi) is 16.8. The summed E-state index contributed by atoms with van der Waals surface area (Å²) >= 11 is 11.7. The van der Waals surface area contributed by atoms with Crippen LogP contribution in [0.15, 0.2) is 18.2 Å². The van der Waals surface area contributed by atoms with Crippen molar-refractivity contribution in [3.8, 4) is 0 Å². The van der Waals surface area contributed by atoms with E-state index in [1.54, 1.807) is 13.8 Å². The van der Waals surface area contributed by atoms with Gasteiger partial charge in [0.05, 0.1) is 17.9 Å². The zero-order chi connectivity index (χ0) is 31.1.